The van der Waals surface area contributed by atoms with Crippen LogP contribution in [0.1, 0.15) is 55.6 Å². The molecule has 0 bridgehead atoms. The third-order valence-electron chi connectivity index (χ3n) is 10.0. The van der Waals surface area contributed by atoms with Gasteiger partial charge in [-0.2, -0.15) is 43.4 Å². The van der Waals surface area contributed by atoms with Crippen molar-refractivity contribution in [3.05, 3.63) is 235 Å². The molecule has 0 radical (unpaired) electrons. The molecule has 0 saturated carbocycles. The number of rotatable bonds is 11. The molecule has 0 aromatic heterocycles. The SMILES string of the molecule is C[N-]Cc1cc(C)cc(C)c1CC([N-]c1c(C)cc(C)cc1C)[N-]c1c(C)cc(C)cc1C.[Fe+4].[c-]1ccccc1.c1ccc([PH+](c2ccccc2)c2ccccc2)cc1. The van der Waals surface area contributed by atoms with Gasteiger partial charge in [-0.1, -0.05) is 142 Å². The van der Waals surface area contributed by atoms with Crippen molar-refractivity contribution in [2.75, 3.05) is 7.05 Å². The van der Waals surface area contributed by atoms with Crippen molar-refractivity contribution in [2.45, 2.75) is 74.5 Å². The molecule has 0 fully saturated rings. The molecule has 0 saturated heterocycles. The number of benzene rings is 7. The molecule has 0 heterocycles. The van der Waals surface area contributed by atoms with E-state index in [4.69, 9.17) is 10.6 Å². The van der Waals surface area contributed by atoms with Crippen molar-refractivity contribution >= 4 is 35.2 Å². The molecule has 59 heavy (non-hydrogen) atoms. The molecule has 0 N–H and O–H groups in total. The van der Waals surface area contributed by atoms with Crippen LogP contribution in [-0.2, 0) is 30.0 Å². The Morgan fingerprint density at radius 3 is 1.17 bits per heavy atom. The second-order valence-corrected chi connectivity index (χ2v) is 17.7. The Hall–Kier alpha value is -4.95. The zero-order valence-electron chi connectivity index (χ0n) is 36.2. The molecule has 7 aromatic rings. The van der Waals surface area contributed by atoms with Crippen molar-refractivity contribution < 1.29 is 17.1 Å². The Kier molecular flexibility index (Phi) is 18.7. The normalized spacial score (nSPS) is 10.5. The number of hydrogen-bond donors (Lipinski definition) is 0. The van der Waals surface area contributed by atoms with E-state index in [2.05, 4.69) is 194 Å². The molecular formula is C54H59FeN3P+. The molecule has 7 rings (SSSR count). The number of hydrogen-bond acceptors (Lipinski definition) is 0. The van der Waals surface area contributed by atoms with E-state index in [1.807, 2.05) is 37.4 Å². The minimum absolute atomic E-state index is 0. The third kappa shape index (κ3) is 13.8. The first-order chi connectivity index (χ1) is 28.0. The van der Waals surface area contributed by atoms with E-state index in [0.29, 0.717) is 0 Å². The van der Waals surface area contributed by atoms with Crippen LogP contribution in [0.25, 0.3) is 16.0 Å². The standard InChI is InChI=1S/C30H38N3.C18H15P.C6H5.Fe/c1-18-11-22(5)29(23(6)12-18)32-28(33-30-24(7)13-19(2)14-25(30)8)16-27-21(4)10-20(3)15-26(27)17-31-9;1-4-10-16(11-5-1)19(17-12-6-2-7-13-17)18-14-8-3-9-15-18;1-2-4-6-5-3-1;/h10-15,28H,16-17H2,1-9H3;1-15H;1-5H;/q-3;;-1;+4/p+1. The van der Waals surface area contributed by atoms with Crippen molar-refractivity contribution in [2.24, 2.45) is 0 Å². The van der Waals surface area contributed by atoms with Gasteiger partial charge in [-0.25, -0.2) is 6.17 Å². The fraction of sp³-hybridized carbons (Fsp3) is 0.222. The summed E-state index contributed by atoms with van der Waals surface area (Å²) in [4.78, 5) is 0. The minimum atomic E-state index is -0.877. The van der Waals surface area contributed by atoms with Crippen LogP contribution in [-0.4, -0.2) is 13.2 Å². The molecule has 0 atom stereocenters. The first-order valence-corrected chi connectivity index (χ1v) is 21.7. The summed E-state index contributed by atoms with van der Waals surface area (Å²) in [6.07, 6.45) is 0.554. The van der Waals surface area contributed by atoms with Crippen molar-refractivity contribution in [3.63, 3.8) is 0 Å². The van der Waals surface area contributed by atoms with E-state index >= 15 is 0 Å². The summed E-state index contributed by atoms with van der Waals surface area (Å²) in [5, 5.41) is 19.3. The van der Waals surface area contributed by atoms with Crippen LogP contribution in [0, 0.1) is 61.5 Å². The van der Waals surface area contributed by atoms with Gasteiger partial charge in [0.1, 0.15) is 15.9 Å². The fourth-order valence-electron chi connectivity index (χ4n) is 7.70. The van der Waals surface area contributed by atoms with Gasteiger partial charge in [-0.3, -0.25) is 0 Å². The Balaban J connectivity index is 0.000000246. The van der Waals surface area contributed by atoms with Crippen LogP contribution in [0.3, 0.4) is 0 Å². The molecular weight excluding hydrogens is 777 g/mol. The summed E-state index contributed by atoms with van der Waals surface area (Å²) in [6.45, 7) is 17.9. The predicted octanol–water partition coefficient (Wildman–Crippen LogP) is 13.6. The Labute approximate surface area is 367 Å². The smallest absolute Gasteiger partial charge is 0.696 e. The molecule has 0 aliphatic carbocycles. The van der Waals surface area contributed by atoms with Gasteiger partial charge >= 0.3 is 17.1 Å². The van der Waals surface area contributed by atoms with Crippen LogP contribution in [0.5, 0.6) is 0 Å². The van der Waals surface area contributed by atoms with Crippen LogP contribution < -0.4 is 15.9 Å². The van der Waals surface area contributed by atoms with E-state index < -0.39 is 7.92 Å². The van der Waals surface area contributed by atoms with E-state index in [-0.39, 0.29) is 23.2 Å². The average Bonchev–Trinajstić information content (AvgIpc) is 3.21. The van der Waals surface area contributed by atoms with Gasteiger partial charge in [-0.05, 0) is 103 Å². The maximum atomic E-state index is 5.26. The summed E-state index contributed by atoms with van der Waals surface area (Å²) in [6, 6.07) is 58.4. The summed E-state index contributed by atoms with van der Waals surface area (Å²) in [7, 11) is 1.00. The fourth-order valence-corrected chi connectivity index (χ4v) is 10.3. The molecule has 0 unspecified atom stereocenters. The zero-order chi connectivity index (χ0) is 41.4. The maximum Gasteiger partial charge on any atom is 4.00 e. The van der Waals surface area contributed by atoms with Gasteiger partial charge in [0.05, 0.1) is 7.92 Å². The average molecular weight is 837 g/mol. The molecule has 3 nitrogen and oxygen atoms in total. The second kappa shape index (κ2) is 23.6. The monoisotopic (exact) mass is 836 g/mol. The van der Waals surface area contributed by atoms with Crippen LogP contribution >= 0.6 is 7.92 Å². The number of aryl methyl sites for hydroxylation is 8. The van der Waals surface area contributed by atoms with Gasteiger partial charge in [-0.15, -0.1) is 17.9 Å². The third-order valence-corrected chi connectivity index (χ3v) is 12.8. The maximum absolute atomic E-state index is 5.26. The van der Waals surface area contributed by atoms with Gasteiger partial charge in [0, 0.05) is 0 Å². The van der Waals surface area contributed by atoms with Crippen LogP contribution in [0.15, 0.2) is 158 Å². The van der Waals surface area contributed by atoms with E-state index in [1.54, 1.807) is 0 Å². The molecule has 0 aliphatic heterocycles. The predicted molar refractivity (Wildman–Crippen MR) is 256 cm³/mol. The largest absolute Gasteiger partial charge is 4.00 e. The van der Waals surface area contributed by atoms with Crippen LogP contribution in [0.2, 0.25) is 0 Å². The van der Waals surface area contributed by atoms with Gasteiger partial charge in [0.2, 0.25) is 0 Å². The van der Waals surface area contributed by atoms with Crippen molar-refractivity contribution in [3.8, 4) is 0 Å². The minimum Gasteiger partial charge on any atom is -0.696 e. The summed E-state index contributed by atoms with van der Waals surface area (Å²) >= 11 is 0. The Morgan fingerprint density at radius 1 is 0.475 bits per heavy atom. The first-order valence-electron chi connectivity index (χ1n) is 20.2. The number of nitrogens with zero attached hydrogens (tertiary/aromatic N) is 3. The molecule has 5 heteroatoms. The molecule has 0 spiro atoms. The quantitative estimate of drug-likeness (QED) is 0.0708. The topological polar surface area (TPSA) is 42.3 Å². The van der Waals surface area contributed by atoms with Gasteiger partial charge in [0.15, 0.2) is 0 Å². The summed E-state index contributed by atoms with van der Waals surface area (Å²) in [5.74, 6) is 0. The zero-order valence-corrected chi connectivity index (χ0v) is 38.3. The van der Waals surface area contributed by atoms with Crippen molar-refractivity contribution in [1.82, 2.24) is 0 Å². The summed E-state index contributed by atoms with van der Waals surface area (Å²) in [5.41, 5.74) is 14.6. The Bertz CT molecular complexity index is 2090. The van der Waals surface area contributed by atoms with Gasteiger partial charge < -0.3 is 16.0 Å². The summed E-state index contributed by atoms with van der Waals surface area (Å²) < 4.78 is 0. The second-order valence-electron chi connectivity index (χ2n) is 15.2. The van der Waals surface area contributed by atoms with Crippen LogP contribution in [0.4, 0.5) is 11.4 Å². The van der Waals surface area contributed by atoms with Crippen molar-refractivity contribution in [1.29, 1.82) is 0 Å². The molecule has 302 valence electrons. The van der Waals surface area contributed by atoms with E-state index in [0.717, 1.165) is 24.3 Å². The first kappa shape index (κ1) is 46.7. The van der Waals surface area contributed by atoms with Gasteiger partial charge in [0.25, 0.3) is 0 Å². The molecule has 0 amide bonds. The molecule has 0 aliphatic rings. The van der Waals surface area contributed by atoms with E-state index in [1.165, 1.54) is 71.5 Å². The Morgan fingerprint density at radius 2 is 0.831 bits per heavy atom. The molecule has 7 aromatic carbocycles. The van der Waals surface area contributed by atoms with E-state index in [9.17, 15) is 0 Å².